The van der Waals surface area contributed by atoms with Crippen molar-refractivity contribution in [1.29, 1.82) is 0 Å². The minimum atomic E-state index is -0.0525. The van der Waals surface area contributed by atoms with Crippen LogP contribution in [0.3, 0.4) is 0 Å². The largest absolute Gasteiger partial charge is 0.495 e. The van der Waals surface area contributed by atoms with E-state index in [1.165, 1.54) is 0 Å². The van der Waals surface area contributed by atoms with Gasteiger partial charge in [-0.25, -0.2) is 0 Å². The summed E-state index contributed by atoms with van der Waals surface area (Å²) in [4.78, 5) is 0. The molecule has 0 amide bonds. The van der Waals surface area contributed by atoms with E-state index in [1.54, 1.807) is 25.3 Å². The first-order valence-corrected chi connectivity index (χ1v) is 3.31. The molecule has 0 aliphatic heterocycles. The number of hydrogen-bond acceptors (Lipinski definition) is 3. The van der Waals surface area contributed by atoms with Crippen LogP contribution in [0.15, 0.2) is 18.2 Å². The van der Waals surface area contributed by atoms with Crippen molar-refractivity contribution in [2.24, 2.45) is 0 Å². The number of nitrogens with two attached hydrogens (primary N) is 1. The molecule has 1 rings (SSSR count). The van der Waals surface area contributed by atoms with Gasteiger partial charge in [-0.2, -0.15) is 0 Å². The van der Waals surface area contributed by atoms with Crippen LogP contribution in [0.2, 0.25) is 0 Å². The maximum Gasteiger partial charge on any atom is 0.142 e. The second-order valence-corrected chi connectivity index (χ2v) is 2.19. The van der Waals surface area contributed by atoms with E-state index >= 15 is 0 Å². The SMILES string of the molecule is COc1cccc(CO)c1N. The molecule has 60 valence electrons. The summed E-state index contributed by atoms with van der Waals surface area (Å²) in [5.74, 6) is 0.608. The van der Waals surface area contributed by atoms with E-state index < -0.39 is 0 Å². The van der Waals surface area contributed by atoms with E-state index in [1.807, 2.05) is 0 Å². The highest BCUT2D eigenvalue weighted by Gasteiger charge is 2.02. The maximum absolute atomic E-state index is 8.80. The van der Waals surface area contributed by atoms with Crippen LogP contribution < -0.4 is 10.5 Å². The molecule has 0 aromatic heterocycles. The highest BCUT2D eigenvalue weighted by atomic mass is 16.5. The molecule has 3 nitrogen and oxygen atoms in total. The number of nitrogen functional groups attached to an aromatic ring is 1. The Hall–Kier alpha value is -1.22. The third-order valence-electron chi connectivity index (χ3n) is 1.55. The van der Waals surface area contributed by atoms with Crippen molar-refractivity contribution in [2.75, 3.05) is 12.8 Å². The molecule has 0 aliphatic rings. The van der Waals surface area contributed by atoms with Crippen LogP contribution in [0.4, 0.5) is 5.69 Å². The van der Waals surface area contributed by atoms with Crippen LogP contribution in [-0.2, 0) is 6.61 Å². The molecule has 0 unspecified atom stereocenters. The predicted octanol–water partition coefficient (Wildman–Crippen LogP) is 0.770. The van der Waals surface area contributed by atoms with Gasteiger partial charge in [0.15, 0.2) is 0 Å². The topological polar surface area (TPSA) is 55.5 Å². The van der Waals surface area contributed by atoms with Gasteiger partial charge in [0.2, 0.25) is 0 Å². The zero-order valence-electron chi connectivity index (χ0n) is 6.37. The van der Waals surface area contributed by atoms with Crippen molar-refractivity contribution in [3.8, 4) is 5.75 Å². The maximum atomic E-state index is 8.80. The number of ether oxygens (including phenoxy) is 1. The fourth-order valence-electron chi connectivity index (χ4n) is 0.905. The normalized spacial score (nSPS) is 9.64. The Bertz CT molecular complexity index is 226. The number of methoxy groups -OCH3 is 1. The third kappa shape index (κ3) is 1.43. The summed E-state index contributed by atoms with van der Waals surface area (Å²) in [6, 6.07) is 5.31. The van der Waals surface area contributed by atoms with Gasteiger partial charge in [-0.3, -0.25) is 0 Å². The van der Waals surface area contributed by atoms with Crippen LogP contribution in [0, 0.1) is 0 Å². The lowest BCUT2D eigenvalue weighted by Gasteiger charge is -2.06. The van der Waals surface area contributed by atoms with Gasteiger partial charge >= 0.3 is 0 Å². The Balaban J connectivity index is 3.10. The number of anilines is 1. The molecule has 11 heavy (non-hydrogen) atoms. The Kier molecular flexibility index (Phi) is 2.33. The molecular weight excluding hydrogens is 142 g/mol. The lowest BCUT2D eigenvalue weighted by atomic mass is 10.2. The first-order valence-electron chi connectivity index (χ1n) is 3.31. The zero-order valence-corrected chi connectivity index (χ0v) is 6.37. The van der Waals surface area contributed by atoms with Crippen LogP contribution in [0.25, 0.3) is 0 Å². The third-order valence-corrected chi connectivity index (χ3v) is 1.55. The zero-order chi connectivity index (χ0) is 8.27. The Morgan fingerprint density at radius 3 is 2.82 bits per heavy atom. The van der Waals surface area contributed by atoms with Crippen LogP contribution in [0.1, 0.15) is 5.56 Å². The molecule has 1 aromatic rings. The lowest BCUT2D eigenvalue weighted by Crippen LogP contribution is -1.97. The summed E-state index contributed by atoms with van der Waals surface area (Å²) in [6.07, 6.45) is 0. The summed E-state index contributed by atoms with van der Waals surface area (Å²) in [6.45, 7) is -0.0525. The fraction of sp³-hybridized carbons (Fsp3) is 0.250. The lowest BCUT2D eigenvalue weighted by molar-refractivity contribution is 0.282. The molecule has 0 atom stereocenters. The van der Waals surface area contributed by atoms with Crippen molar-refractivity contribution in [3.05, 3.63) is 23.8 Å². The summed E-state index contributed by atoms with van der Waals surface area (Å²) < 4.78 is 4.95. The highest BCUT2D eigenvalue weighted by Crippen LogP contribution is 2.24. The number of benzene rings is 1. The van der Waals surface area contributed by atoms with Crippen molar-refractivity contribution in [2.45, 2.75) is 6.61 Å². The van der Waals surface area contributed by atoms with Crippen LogP contribution in [0.5, 0.6) is 5.75 Å². The summed E-state index contributed by atoms with van der Waals surface area (Å²) >= 11 is 0. The van der Waals surface area contributed by atoms with Crippen molar-refractivity contribution >= 4 is 5.69 Å². The molecule has 1 aromatic carbocycles. The average molecular weight is 153 g/mol. The average Bonchev–Trinajstić information content (AvgIpc) is 2.05. The van der Waals surface area contributed by atoms with Crippen molar-refractivity contribution in [3.63, 3.8) is 0 Å². The standard InChI is InChI=1S/C8H11NO2/c1-11-7-4-2-3-6(5-10)8(7)9/h2-4,10H,5,9H2,1H3. The van der Waals surface area contributed by atoms with Gasteiger partial charge in [-0.1, -0.05) is 12.1 Å². The van der Waals surface area contributed by atoms with Crippen molar-refractivity contribution < 1.29 is 9.84 Å². The molecule has 0 saturated heterocycles. The number of aliphatic hydroxyl groups is 1. The van der Waals surface area contributed by atoms with E-state index in [0.717, 1.165) is 0 Å². The number of rotatable bonds is 2. The van der Waals surface area contributed by atoms with Gasteiger partial charge in [0.05, 0.1) is 19.4 Å². The number of para-hydroxylation sites is 1. The van der Waals surface area contributed by atoms with Gasteiger partial charge < -0.3 is 15.6 Å². The molecule has 0 fully saturated rings. The smallest absolute Gasteiger partial charge is 0.142 e. The molecule has 0 heterocycles. The summed E-state index contributed by atoms with van der Waals surface area (Å²) in [7, 11) is 1.55. The summed E-state index contributed by atoms with van der Waals surface area (Å²) in [5, 5.41) is 8.80. The minimum absolute atomic E-state index is 0.0525. The molecule has 0 spiro atoms. The number of aliphatic hydroxyl groups excluding tert-OH is 1. The quantitative estimate of drug-likeness (QED) is 0.617. The van der Waals surface area contributed by atoms with E-state index in [-0.39, 0.29) is 6.61 Å². The second kappa shape index (κ2) is 3.25. The molecule has 0 bridgehead atoms. The van der Waals surface area contributed by atoms with Gasteiger partial charge in [-0.05, 0) is 6.07 Å². The Morgan fingerprint density at radius 1 is 1.55 bits per heavy atom. The molecule has 0 aliphatic carbocycles. The van der Waals surface area contributed by atoms with Gasteiger partial charge in [0, 0.05) is 5.56 Å². The monoisotopic (exact) mass is 153 g/mol. The Morgan fingerprint density at radius 2 is 2.27 bits per heavy atom. The van der Waals surface area contributed by atoms with Gasteiger partial charge in [0.25, 0.3) is 0 Å². The second-order valence-electron chi connectivity index (χ2n) is 2.19. The van der Waals surface area contributed by atoms with Gasteiger partial charge in [-0.15, -0.1) is 0 Å². The molecule has 0 saturated carbocycles. The van der Waals surface area contributed by atoms with Crippen LogP contribution in [-0.4, -0.2) is 12.2 Å². The fourth-order valence-corrected chi connectivity index (χ4v) is 0.905. The number of hydrogen-bond donors (Lipinski definition) is 2. The van der Waals surface area contributed by atoms with E-state index in [9.17, 15) is 0 Å². The summed E-state index contributed by atoms with van der Waals surface area (Å²) in [5.41, 5.74) is 6.83. The van der Waals surface area contributed by atoms with E-state index in [4.69, 9.17) is 15.6 Å². The molecule has 3 N–H and O–H groups in total. The Labute approximate surface area is 65.4 Å². The van der Waals surface area contributed by atoms with Gasteiger partial charge in [0.1, 0.15) is 5.75 Å². The highest BCUT2D eigenvalue weighted by molar-refractivity contribution is 5.58. The van der Waals surface area contributed by atoms with E-state index in [2.05, 4.69) is 0 Å². The molecule has 3 heteroatoms. The minimum Gasteiger partial charge on any atom is -0.495 e. The van der Waals surface area contributed by atoms with E-state index in [0.29, 0.717) is 17.0 Å². The molecule has 0 radical (unpaired) electrons. The van der Waals surface area contributed by atoms with Crippen LogP contribution >= 0.6 is 0 Å². The first-order chi connectivity index (χ1) is 5.29. The van der Waals surface area contributed by atoms with Crippen molar-refractivity contribution in [1.82, 2.24) is 0 Å². The molecular formula is C8H11NO2. The predicted molar refractivity (Wildman–Crippen MR) is 43.3 cm³/mol. The first kappa shape index (κ1) is 7.88.